The summed E-state index contributed by atoms with van der Waals surface area (Å²) in [5, 5.41) is 13.4. The summed E-state index contributed by atoms with van der Waals surface area (Å²) in [6.07, 6.45) is 3.51. The van der Waals surface area contributed by atoms with E-state index in [1.807, 2.05) is 35.2 Å². The predicted octanol–water partition coefficient (Wildman–Crippen LogP) is 3.72. The summed E-state index contributed by atoms with van der Waals surface area (Å²) in [7, 11) is 0. The Bertz CT molecular complexity index is 976. The molecule has 1 N–H and O–H groups in total. The fourth-order valence-electron chi connectivity index (χ4n) is 3.46. The molecule has 26 heavy (non-hydrogen) atoms. The Hall–Kier alpha value is -3.20. The van der Waals surface area contributed by atoms with Crippen LogP contribution in [-0.2, 0) is 0 Å². The van der Waals surface area contributed by atoms with Crippen molar-refractivity contribution in [2.24, 2.45) is 0 Å². The molecule has 2 aromatic carbocycles. The van der Waals surface area contributed by atoms with E-state index in [0.29, 0.717) is 17.8 Å². The molecule has 0 amide bonds. The first kappa shape index (κ1) is 16.3. The Morgan fingerprint density at radius 2 is 2.08 bits per heavy atom. The second kappa shape index (κ2) is 6.96. The average Bonchev–Trinajstić information content (AvgIpc) is 2.68. The Labute approximate surface area is 151 Å². The Morgan fingerprint density at radius 3 is 2.92 bits per heavy atom. The minimum atomic E-state index is -0.350. The largest absolute Gasteiger partial charge is 0.367 e. The van der Waals surface area contributed by atoms with Gasteiger partial charge in [-0.2, -0.15) is 5.26 Å². The van der Waals surface area contributed by atoms with Crippen LogP contribution in [-0.4, -0.2) is 29.1 Å². The van der Waals surface area contributed by atoms with Crippen LogP contribution in [0, 0.1) is 17.1 Å². The van der Waals surface area contributed by atoms with Crippen LogP contribution in [0.15, 0.2) is 48.8 Å². The summed E-state index contributed by atoms with van der Waals surface area (Å²) in [4.78, 5) is 10.7. The van der Waals surface area contributed by atoms with Crippen LogP contribution in [0.5, 0.6) is 0 Å². The third-order valence-electron chi connectivity index (χ3n) is 4.72. The molecule has 1 atom stereocenters. The molecule has 3 aromatic rings. The van der Waals surface area contributed by atoms with Gasteiger partial charge in [-0.1, -0.05) is 12.1 Å². The van der Waals surface area contributed by atoms with E-state index in [4.69, 9.17) is 5.26 Å². The Balaban J connectivity index is 1.55. The van der Waals surface area contributed by atoms with Crippen molar-refractivity contribution in [3.05, 3.63) is 60.2 Å². The van der Waals surface area contributed by atoms with Crippen molar-refractivity contribution in [2.75, 3.05) is 23.3 Å². The van der Waals surface area contributed by atoms with Crippen molar-refractivity contribution in [3.63, 3.8) is 0 Å². The van der Waals surface area contributed by atoms with Crippen molar-refractivity contribution in [3.8, 4) is 6.07 Å². The van der Waals surface area contributed by atoms with Crippen LogP contribution in [0.1, 0.15) is 18.4 Å². The zero-order valence-electron chi connectivity index (χ0n) is 14.2. The molecule has 0 bridgehead atoms. The highest BCUT2D eigenvalue weighted by atomic mass is 19.1. The van der Waals surface area contributed by atoms with Gasteiger partial charge in [-0.3, -0.25) is 0 Å². The summed E-state index contributed by atoms with van der Waals surface area (Å²) in [5.74, 6) is 0.458. The van der Waals surface area contributed by atoms with Crippen molar-refractivity contribution >= 4 is 22.4 Å². The molecule has 1 aromatic heterocycles. The number of halogens is 1. The fourth-order valence-corrected chi connectivity index (χ4v) is 3.46. The summed E-state index contributed by atoms with van der Waals surface area (Å²) < 4.78 is 14.4. The maximum atomic E-state index is 14.4. The van der Waals surface area contributed by atoms with Gasteiger partial charge in [-0.15, -0.1) is 0 Å². The van der Waals surface area contributed by atoms with E-state index in [2.05, 4.69) is 15.3 Å². The lowest BCUT2D eigenvalue weighted by Crippen LogP contribution is -2.42. The Morgan fingerprint density at radius 1 is 1.19 bits per heavy atom. The van der Waals surface area contributed by atoms with Crippen molar-refractivity contribution in [2.45, 2.75) is 18.9 Å². The van der Waals surface area contributed by atoms with Gasteiger partial charge < -0.3 is 10.2 Å². The number of aromatic nitrogens is 2. The van der Waals surface area contributed by atoms with Gasteiger partial charge in [0.05, 0.1) is 22.8 Å². The first-order chi connectivity index (χ1) is 12.7. The predicted molar refractivity (Wildman–Crippen MR) is 99.5 cm³/mol. The lowest BCUT2D eigenvalue weighted by atomic mass is 10.0. The molecular weight excluding hydrogens is 329 g/mol. The van der Waals surface area contributed by atoms with Gasteiger partial charge in [0.15, 0.2) is 0 Å². The van der Waals surface area contributed by atoms with Crippen molar-refractivity contribution in [1.29, 1.82) is 5.26 Å². The van der Waals surface area contributed by atoms with E-state index in [9.17, 15) is 4.39 Å². The number of nitriles is 1. The second-order valence-corrected chi connectivity index (χ2v) is 6.45. The highest BCUT2D eigenvalue weighted by Crippen LogP contribution is 2.26. The van der Waals surface area contributed by atoms with Crippen LogP contribution >= 0.6 is 0 Å². The summed E-state index contributed by atoms with van der Waals surface area (Å²) in [6.45, 7) is 1.48. The van der Waals surface area contributed by atoms with E-state index in [1.54, 1.807) is 18.5 Å². The van der Waals surface area contributed by atoms with Gasteiger partial charge in [0.1, 0.15) is 18.0 Å². The molecule has 0 spiro atoms. The number of hydrogen-bond acceptors (Lipinski definition) is 5. The number of hydrogen-bond donors (Lipinski definition) is 1. The van der Waals surface area contributed by atoms with Gasteiger partial charge in [-0.05, 0) is 43.2 Å². The quantitative estimate of drug-likeness (QED) is 0.782. The summed E-state index contributed by atoms with van der Waals surface area (Å²) in [5.41, 5.74) is 1.78. The molecule has 1 unspecified atom stereocenters. The first-order valence-corrected chi connectivity index (χ1v) is 8.65. The number of anilines is 2. The molecule has 130 valence electrons. The number of fused-ring (bicyclic) bond motifs is 1. The van der Waals surface area contributed by atoms with E-state index in [1.165, 1.54) is 6.07 Å². The highest BCUT2D eigenvalue weighted by molar-refractivity contribution is 5.88. The number of rotatable bonds is 3. The maximum absolute atomic E-state index is 14.4. The van der Waals surface area contributed by atoms with Gasteiger partial charge in [0, 0.05) is 24.5 Å². The molecular formula is C20H18FN5. The average molecular weight is 347 g/mol. The zero-order valence-corrected chi connectivity index (χ0v) is 14.2. The summed E-state index contributed by atoms with van der Waals surface area (Å²) >= 11 is 0. The number of nitrogens with one attached hydrogen (secondary N) is 1. The second-order valence-electron chi connectivity index (χ2n) is 6.45. The number of piperidine rings is 1. The molecule has 0 radical (unpaired) electrons. The molecule has 0 aliphatic carbocycles. The number of nitrogens with zero attached hydrogens (tertiary/aromatic N) is 4. The van der Waals surface area contributed by atoms with E-state index in [-0.39, 0.29) is 11.9 Å². The molecule has 1 saturated heterocycles. The molecule has 1 aliphatic rings. The third kappa shape index (κ3) is 3.16. The zero-order chi connectivity index (χ0) is 17.9. The molecule has 0 saturated carbocycles. The smallest absolute Gasteiger partial charge is 0.147 e. The SMILES string of the molecule is N#Cc1ccc(N2CCCC(Nc3ncnc4ccccc34)C2)c(F)c1. The van der Waals surface area contributed by atoms with Crippen LogP contribution < -0.4 is 10.2 Å². The highest BCUT2D eigenvalue weighted by Gasteiger charge is 2.23. The van der Waals surface area contributed by atoms with Gasteiger partial charge in [-0.25, -0.2) is 14.4 Å². The van der Waals surface area contributed by atoms with Crippen molar-refractivity contribution < 1.29 is 4.39 Å². The van der Waals surface area contributed by atoms with Gasteiger partial charge in [0.25, 0.3) is 0 Å². The lowest BCUT2D eigenvalue weighted by molar-refractivity contribution is 0.518. The van der Waals surface area contributed by atoms with E-state index in [0.717, 1.165) is 36.1 Å². The number of benzene rings is 2. The minimum Gasteiger partial charge on any atom is -0.367 e. The van der Waals surface area contributed by atoms with Gasteiger partial charge in [0.2, 0.25) is 0 Å². The van der Waals surface area contributed by atoms with Crippen molar-refractivity contribution in [1.82, 2.24) is 9.97 Å². The van der Waals surface area contributed by atoms with E-state index < -0.39 is 0 Å². The third-order valence-corrected chi connectivity index (χ3v) is 4.72. The topological polar surface area (TPSA) is 64.8 Å². The first-order valence-electron chi connectivity index (χ1n) is 8.65. The van der Waals surface area contributed by atoms with E-state index >= 15 is 0 Å². The molecule has 1 aliphatic heterocycles. The minimum absolute atomic E-state index is 0.164. The van der Waals surface area contributed by atoms with Crippen LogP contribution in [0.25, 0.3) is 10.9 Å². The molecule has 2 heterocycles. The fraction of sp³-hybridized carbons (Fsp3) is 0.250. The molecule has 4 rings (SSSR count). The van der Waals surface area contributed by atoms with Crippen LogP contribution in [0.4, 0.5) is 15.9 Å². The van der Waals surface area contributed by atoms with Crippen LogP contribution in [0.3, 0.4) is 0 Å². The lowest BCUT2D eigenvalue weighted by Gasteiger charge is -2.35. The standard InChI is InChI=1S/C20H18FN5/c21-17-10-14(11-22)7-8-19(17)26-9-3-4-15(12-26)25-20-16-5-1-2-6-18(16)23-13-24-20/h1-2,5-8,10,13,15H,3-4,9,12H2,(H,23,24,25). The molecule has 5 nitrogen and oxygen atoms in total. The summed E-state index contributed by atoms with van der Waals surface area (Å²) in [6, 6.07) is 14.7. The molecule has 1 fully saturated rings. The Kier molecular flexibility index (Phi) is 4.36. The normalized spacial score (nSPS) is 17.1. The van der Waals surface area contributed by atoms with Crippen LogP contribution in [0.2, 0.25) is 0 Å². The maximum Gasteiger partial charge on any atom is 0.147 e. The van der Waals surface area contributed by atoms with Gasteiger partial charge >= 0.3 is 0 Å². The monoisotopic (exact) mass is 347 g/mol. The number of para-hydroxylation sites is 1. The molecule has 6 heteroatoms.